The number of nitrogens with one attached hydrogen (secondary N) is 3. The molecule has 1 aromatic heterocycles. The van der Waals surface area contributed by atoms with Crippen molar-refractivity contribution in [2.24, 2.45) is 0 Å². The van der Waals surface area contributed by atoms with E-state index in [0.717, 1.165) is 0 Å². The number of carbonyl (C=O) groups is 1. The van der Waals surface area contributed by atoms with E-state index in [0.29, 0.717) is 27.7 Å². The van der Waals surface area contributed by atoms with Crippen LogP contribution in [0.4, 0.5) is 11.5 Å². The van der Waals surface area contributed by atoms with Gasteiger partial charge in [-0.3, -0.25) is 20.9 Å². The van der Waals surface area contributed by atoms with Crippen molar-refractivity contribution in [3.05, 3.63) is 65.7 Å². The zero-order valence-corrected chi connectivity index (χ0v) is 12.6. The number of para-hydroxylation sites is 1. The molecule has 0 radical (unpaired) electrons. The van der Waals surface area contributed by atoms with Crippen molar-refractivity contribution in [3.63, 3.8) is 0 Å². The summed E-state index contributed by atoms with van der Waals surface area (Å²) in [6, 6.07) is 15.3. The number of nitrogens with zero attached hydrogens (tertiary/aromatic N) is 1. The zero-order valence-electron chi connectivity index (χ0n) is 12.6. The molecule has 0 bridgehead atoms. The lowest BCUT2D eigenvalue weighted by molar-refractivity contribution is 0.102. The monoisotopic (exact) mass is 321 g/mol. The molecule has 7 nitrogen and oxygen atoms in total. The van der Waals surface area contributed by atoms with E-state index in [-0.39, 0.29) is 17.6 Å². The summed E-state index contributed by atoms with van der Waals surface area (Å²) in [5.41, 5.74) is 9.70. The van der Waals surface area contributed by atoms with Gasteiger partial charge >= 0.3 is 0 Å². The zero-order chi connectivity index (χ0) is 17.1. The molecule has 24 heavy (non-hydrogen) atoms. The average molecular weight is 321 g/mol. The van der Waals surface area contributed by atoms with Gasteiger partial charge in [-0.2, -0.15) is 0 Å². The molecule has 1 amide bonds. The summed E-state index contributed by atoms with van der Waals surface area (Å²) in [6.07, 6.45) is 0. The van der Waals surface area contributed by atoms with Crippen LogP contribution in [0.3, 0.4) is 0 Å². The maximum atomic E-state index is 12.6. The van der Waals surface area contributed by atoms with Gasteiger partial charge in [0.05, 0.1) is 11.1 Å². The Bertz CT molecular complexity index is 922. The van der Waals surface area contributed by atoms with Gasteiger partial charge in [-0.15, -0.1) is 0 Å². The van der Waals surface area contributed by atoms with Gasteiger partial charge in [0.25, 0.3) is 5.91 Å². The number of nitrogen functional groups attached to an aromatic ring is 1. The van der Waals surface area contributed by atoms with E-state index < -0.39 is 0 Å². The van der Waals surface area contributed by atoms with Crippen LogP contribution in [0.2, 0.25) is 0 Å². The summed E-state index contributed by atoms with van der Waals surface area (Å²) in [7, 11) is 0. The predicted molar refractivity (Wildman–Crippen MR) is 92.3 cm³/mol. The standard InChI is InChI=1S/C17H15N5O2/c18-15-9-13(12-3-1-2-4-14(12)21-15)17(23)20-11-7-5-10(6-8-11)16(19)22-24/h1-9,24H,(H2,18,21)(H2,19,22)(H,20,23). The Labute approximate surface area is 137 Å². The van der Waals surface area contributed by atoms with Crippen LogP contribution in [0.1, 0.15) is 15.9 Å². The molecule has 0 unspecified atom stereocenters. The van der Waals surface area contributed by atoms with Crippen molar-refractivity contribution in [2.45, 2.75) is 0 Å². The summed E-state index contributed by atoms with van der Waals surface area (Å²) in [5.74, 6) is -0.152. The minimum atomic E-state index is -0.302. The lowest BCUT2D eigenvalue weighted by atomic mass is 10.1. The molecule has 120 valence electrons. The van der Waals surface area contributed by atoms with Crippen LogP contribution in [0.25, 0.3) is 10.9 Å². The van der Waals surface area contributed by atoms with Crippen LogP contribution in [-0.2, 0) is 0 Å². The fraction of sp³-hybridized carbons (Fsp3) is 0. The van der Waals surface area contributed by atoms with Gasteiger partial charge in [0.15, 0.2) is 0 Å². The highest BCUT2D eigenvalue weighted by Gasteiger charge is 2.12. The number of hydroxylamine groups is 1. The van der Waals surface area contributed by atoms with Gasteiger partial charge in [-0.1, -0.05) is 18.2 Å². The molecule has 6 N–H and O–H groups in total. The second kappa shape index (κ2) is 6.35. The maximum Gasteiger partial charge on any atom is 0.256 e. The van der Waals surface area contributed by atoms with Gasteiger partial charge < -0.3 is 11.1 Å². The third-order valence-electron chi connectivity index (χ3n) is 3.52. The number of anilines is 2. The maximum absolute atomic E-state index is 12.6. The molecule has 1 heterocycles. The molecule has 0 spiro atoms. The third kappa shape index (κ3) is 3.01. The fourth-order valence-corrected chi connectivity index (χ4v) is 2.37. The second-order valence-electron chi connectivity index (χ2n) is 5.13. The van der Waals surface area contributed by atoms with Crippen molar-refractivity contribution in [1.29, 1.82) is 5.41 Å². The quantitative estimate of drug-likeness (QED) is 0.288. The van der Waals surface area contributed by atoms with Crippen LogP contribution >= 0.6 is 0 Å². The molecule has 2 aromatic carbocycles. The Kier molecular flexibility index (Phi) is 4.09. The molecule has 3 aromatic rings. The number of aromatic nitrogens is 1. The smallest absolute Gasteiger partial charge is 0.256 e. The Balaban J connectivity index is 1.89. The third-order valence-corrected chi connectivity index (χ3v) is 3.52. The van der Waals surface area contributed by atoms with Crippen LogP contribution in [0.15, 0.2) is 54.6 Å². The summed E-state index contributed by atoms with van der Waals surface area (Å²) >= 11 is 0. The van der Waals surface area contributed by atoms with Crippen LogP contribution in [0.5, 0.6) is 0 Å². The number of fused-ring (bicyclic) bond motifs is 1. The van der Waals surface area contributed by atoms with Crippen molar-refractivity contribution in [3.8, 4) is 0 Å². The van der Waals surface area contributed by atoms with Crippen molar-refractivity contribution >= 4 is 34.2 Å². The molecule has 0 saturated carbocycles. The first-order chi connectivity index (χ1) is 11.6. The Morgan fingerprint density at radius 1 is 1.12 bits per heavy atom. The van der Waals surface area contributed by atoms with E-state index in [1.165, 1.54) is 6.07 Å². The highest BCUT2D eigenvalue weighted by Crippen LogP contribution is 2.21. The largest absolute Gasteiger partial charge is 0.384 e. The molecule has 0 aliphatic rings. The Morgan fingerprint density at radius 3 is 2.54 bits per heavy atom. The minimum Gasteiger partial charge on any atom is -0.384 e. The highest BCUT2D eigenvalue weighted by atomic mass is 16.5. The number of carbonyl (C=O) groups excluding carboxylic acids is 1. The first-order valence-electron chi connectivity index (χ1n) is 7.14. The van der Waals surface area contributed by atoms with E-state index in [1.54, 1.807) is 35.8 Å². The summed E-state index contributed by atoms with van der Waals surface area (Å²) in [6.45, 7) is 0. The summed E-state index contributed by atoms with van der Waals surface area (Å²) in [4.78, 5) is 16.8. The van der Waals surface area contributed by atoms with E-state index >= 15 is 0 Å². The van der Waals surface area contributed by atoms with E-state index in [9.17, 15) is 4.79 Å². The fourth-order valence-electron chi connectivity index (χ4n) is 2.37. The van der Waals surface area contributed by atoms with Gasteiger partial charge in [0.2, 0.25) is 0 Å². The van der Waals surface area contributed by atoms with E-state index in [2.05, 4.69) is 10.3 Å². The van der Waals surface area contributed by atoms with Crippen molar-refractivity contribution in [2.75, 3.05) is 11.1 Å². The predicted octanol–water partition coefficient (Wildman–Crippen LogP) is 2.37. The number of amidine groups is 1. The highest BCUT2D eigenvalue weighted by molar-refractivity contribution is 6.13. The molecule has 3 rings (SSSR count). The van der Waals surface area contributed by atoms with Crippen LogP contribution in [-0.4, -0.2) is 21.9 Å². The molecule has 0 saturated heterocycles. The van der Waals surface area contributed by atoms with E-state index in [4.69, 9.17) is 16.4 Å². The first kappa shape index (κ1) is 15.4. The lowest BCUT2D eigenvalue weighted by Crippen LogP contribution is -2.18. The number of rotatable bonds is 3. The normalized spacial score (nSPS) is 10.4. The molecular formula is C17H15N5O2. The number of hydrogen-bond donors (Lipinski definition) is 5. The van der Waals surface area contributed by atoms with Crippen LogP contribution < -0.4 is 16.5 Å². The van der Waals surface area contributed by atoms with Crippen molar-refractivity contribution < 1.29 is 10.0 Å². The van der Waals surface area contributed by atoms with Crippen molar-refractivity contribution in [1.82, 2.24) is 10.5 Å². The summed E-state index contributed by atoms with van der Waals surface area (Å²) < 4.78 is 0. The number of nitrogens with two attached hydrogens (primary N) is 1. The SMILES string of the molecule is N=C(NO)c1ccc(NC(=O)c2cc(N)nc3ccccc23)cc1. The Morgan fingerprint density at radius 2 is 1.83 bits per heavy atom. The molecule has 0 aliphatic heterocycles. The number of hydrogen-bond acceptors (Lipinski definition) is 5. The number of pyridine rings is 1. The van der Waals surface area contributed by atoms with Gasteiger partial charge in [0, 0.05) is 16.6 Å². The molecular weight excluding hydrogens is 306 g/mol. The number of amides is 1. The molecule has 0 aliphatic carbocycles. The minimum absolute atomic E-state index is 0.124. The second-order valence-corrected chi connectivity index (χ2v) is 5.13. The average Bonchev–Trinajstić information content (AvgIpc) is 2.60. The summed E-state index contributed by atoms with van der Waals surface area (Å²) in [5, 5.41) is 19.7. The van der Waals surface area contributed by atoms with Gasteiger partial charge in [-0.25, -0.2) is 4.98 Å². The molecule has 7 heteroatoms. The van der Waals surface area contributed by atoms with Gasteiger partial charge in [0.1, 0.15) is 11.7 Å². The topological polar surface area (TPSA) is 124 Å². The Hall–Kier alpha value is -3.45. The van der Waals surface area contributed by atoms with Gasteiger partial charge in [-0.05, 0) is 36.4 Å². The number of benzene rings is 2. The molecule has 0 atom stereocenters. The van der Waals surface area contributed by atoms with E-state index in [1.807, 2.05) is 18.2 Å². The molecule has 0 fully saturated rings. The first-order valence-corrected chi connectivity index (χ1v) is 7.14. The van der Waals surface area contributed by atoms with Crippen LogP contribution in [0, 0.1) is 5.41 Å². The lowest BCUT2D eigenvalue weighted by Gasteiger charge is -2.09.